The van der Waals surface area contributed by atoms with Gasteiger partial charge in [0.1, 0.15) is 5.82 Å². The summed E-state index contributed by atoms with van der Waals surface area (Å²) in [4.78, 5) is 11.7. The first kappa shape index (κ1) is 13.5. The van der Waals surface area contributed by atoms with Gasteiger partial charge in [0, 0.05) is 6.54 Å². The molecule has 1 aromatic rings. The molecular weight excluding hydrogens is 243 g/mol. The van der Waals surface area contributed by atoms with Crippen molar-refractivity contribution in [3.05, 3.63) is 34.6 Å². The minimum absolute atomic E-state index is 0.0530. The van der Waals surface area contributed by atoms with Crippen molar-refractivity contribution in [2.24, 2.45) is 5.41 Å². The topological polar surface area (TPSA) is 52.9 Å². The van der Waals surface area contributed by atoms with Gasteiger partial charge in [0.05, 0.1) is 22.1 Å². The lowest BCUT2D eigenvalue weighted by molar-refractivity contribution is 0.0944. The van der Waals surface area contributed by atoms with E-state index < -0.39 is 17.1 Å². The second-order valence-corrected chi connectivity index (χ2v) is 4.71. The van der Waals surface area contributed by atoms with Crippen molar-refractivity contribution in [2.75, 3.05) is 6.54 Å². The van der Waals surface area contributed by atoms with Gasteiger partial charge < -0.3 is 5.32 Å². The summed E-state index contributed by atoms with van der Waals surface area (Å²) in [7, 11) is 0. The molecule has 0 aromatic heterocycles. The van der Waals surface area contributed by atoms with E-state index in [-0.39, 0.29) is 17.1 Å². The molecule has 1 amide bonds. The molecule has 0 atom stereocenters. The molecule has 0 saturated carbocycles. The van der Waals surface area contributed by atoms with E-state index in [2.05, 4.69) is 11.4 Å². The number of amides is 1. The molecule has 17 heavy (non-hydrogen) atoms. The van der Waals surface area contributed by atoms with Crippen molar-refractivity contribution in [2.45, 2.75) is 13.8 Å². The molecule has 0 spiro atoms. The third-order valence-corrected chi connectivity index (χ3v) is 2.48. The Morgan fingerprint density at radius 1 is 1.59 bits per heavy atom. The fourth-order valence-electron chi connectivity index (χ4n) is 1.11. The van der Waals surface area contributed by atoms with Gasteiger partial charge in [-0.25, -0.2) is 4.39 Å². The molecule has 0 fully saturated rings. The van der Waals surface area contributed by atoms with Gasteiger partial charge in [-0.3, -0.25) is 4.79 Å². The minimum atomic E-state index is -0.651. The van der Waals surface area contributed by atoms with Crippen LogP contribution < -0.4 is 5.32 Å². The average molecular weight is 255 g/mol. The Labute approximate surface area is 104 Å². The largest absolute Gasteiger partial charge is 0.350 e. The van der Waals surface area contributed by atoms with Crippen molar-refractivity contribution < 1.29 is 9.18 Å². The van der Waals surface area contributed by atoms with E-state index in [1.165, 1.54) is 6.07 Å². The maximum Gasteiger partial charge on any atom is 0.252 e. The smallest absolute Gasteiger partial charge is 0.252 e. The molecule has 0 aliphatic heterocycles. The van der Waals surface area contributed by atoms with E-state index >= 15 is 0 Å². The molecule has 0 aliphatic rings. The summed E-state index contributed by atoms with van der Waals surface area (Å²) < 4.78 is 12.8. The van der Waals surface area contributed by atoms with Crippen LogP contribution in [0.2, 0.25) is 5.02 Å². The Balaban J connectivity index is 2.75. The van der Waals surface area contributed by atoms with Crippen LogP contribution in [0.3, 0.4) is 0 Å². The minimum Gasteiger partial charge on any atom is -0.350 e. The first-order chi connectivity index (χ1) is 7.85. The summed E-state index contributed by atoms with van der Waals surface area (Å²) in [6.07, 6.45) is 0. The van der Waals surface area contributed by atoms with Crippen LogP contribution in [0.4, 0.5) is 4.39 Å². The van der Waals surface area contributed by atoms with Crippen molar-refractivity contribution in [3.8, 4) is 6.07 Å². The standard InChI is InChI=1S/C12H12ClFN2O/c1-12(2,6-15)7-16-11(17)9-4-3-8(14)5-10(9)13/h3-5H,7H2,1-2H3,(H,16,17). The Morgan fingerprint density at radius 3 is 2.76 bits per heavy atom. The molecule has 0 saturated heterocycles. The summed E-state index contributed by atoms with van der Waals surface area (Å²) >= 11 is 5.74. The van der Waals surface area contributed by atoms with Crippen molar-refractivity contribution >= 4 is 17.5 Å². The van der Waals surface area contributed by atoms with Crippen LogP contribution >= 0.6 is 11.6 Å². The lowest BCUT2D eigenvalue weighted by Crippen LogP contribution is -2.33. The average Bonchev–Trinajstić information content (AvgIpc) is 2.26. The lowest BCUT2D eigenvalue weighted by Gasteiger charge is -2.16. The van der Waals surface area contributed by atoms with Gasteiger partial charge in [0.25, 0.3) is 5.91 Å². The van der Waals surface area contributed by atoms with Gasteiger partial charge >= 0.3 is 0 Å². The first-order valence-electron chi connectivity index (χ1n) is 5.00. The van der Waals surface area contributed by atoms with Crippen LogP contribution in [-0.2, 0) is 0 Å². The second-order valence-electron chi connectivity index (χ2n) is 4.30. The Bertz CT molecular complexity index is 480. The number of nitrogens with zero attached hydrogens (tertiary/aromatic N) is 1. The fourth-order valence-corrected chi connectivity index (χ4v) is 1.36. The van der Waals surface area contributed by atoms with E-state index in [0.29, 0.717) is 0 Å². The highest BCUT2D eigenvalue weighted by Gasteiger charge is 2.19. The third-order valence-electron chi connectivity index (χ3n) is 2.17. The number of hydrogen-bond acceptors (Lipinski definition) is 2. The van der Waals surface area contributed by atoms with Crippen LogP contribution in [0.1, 0.15) is 24.2 Å². The summed E-state index contributed by atoms with van der Waals surface area (Å²) in [6, 6.07) is 5.61. The summed E-state index contributed by atoms with van der Waals surface area (Å²) in [5.41, 5.74) is -0.455. The number of benzene rings is 1. The number of hydrogen-bond donors (Lipinski definition) is 1. The maximum atomic E-state index is 12.8. The van der Waals surface area contributed by atoms with Crippen molar-refractivity contribution in [1.82, 2.24) is 5.32 Å². The number of halogens is 2. The zero-order valence-corrected chi connectivity index (χ0v) is 10.3. The number of nitriles is 1. The summed E-state index contributed by atoms with van der Waals surface area (Å²) in [5.74, 6) is -0.915. The number of carbonyl (C=O) groups excluding carboxylic acids is 1. The number of nitrogens with one attached hydrogen (secondary N) is 1. The van der Waals surface area contributed by atoms with Crippen LogP contribution in [0.5, 0.6) is 0 Å². The predicted molar refractivity (Wildman–Crippen MR) is 63.1 cm³/mol. The van der Waals surface area contributed by atoms with Gasteiger partial charge in [-0.05, 0) is 32.0 Å². The highest BCUT2D eigenvalue weighted by molar-refractivity contribution is 6.33. The van der Waals surface area contributed by atoms with Crippen molar-refractivity contribution in [3.63, 3.8) is 0 Å². The molecule has 1 rings (SSSR count). The molecule has 90 valence electrons. The maximum absolute atomic E-state index is 12.8. The van der Waals surface area contributed by atoms with Gasteiger partial charge in [0.2, 0.25) is 0 Å². The normalized spacial score (nSPS) is 10.8. The molecule has 5 heteroatoms. The molecule has 3 nitrogen and oxygen atoms in total. The SMILES string of the molecule is CC(C)(C#N)CNC(=O)c1ccc(F)cc1Cl. The molecule has 0 heterocycles. The highest BCUT2D eigenvalue weighted by atomic mass is 35.5. The third kappa shape index (κ3) is 3.72. The number of carbonyl (C=O) groups is 1. The molecule has 0 bridgehead atoms. The molecule has 1 N–H and O–H groups in total. The van der Waals surface area contributed by atoms with Crippen LogP contribution in [0.25, 0.3) is 0 Å². The van der Waals surface area contributed by atoms with Gasteiger partial charge in [-0.2, -0.15) is 5.26 Å². The Morgan fingerprint density at radius 2 is 2.24 bits per heavy atom. The van der Waals surface area contributed by atoms with Crippen LogP contribution in [0.15, 0.2) is 18.2 Å². The van der Waals surface area contributed by atoms with E-state index in [4.69, 9.17) is 16.9 Å². The van der Waals surface area contributed by atoms with E-state index in [1.807, 2.05) is 0 Å². The van der Waals surface area contributed by atoms with Crippen molar-refractivity contribution in [1.29, 1.82) is 5.26 Å². The summed E-state index contributed by atoms with van der Waals surface area (Å²) in [5, 5.41) is 11.4. The fraction of sp³-hybridized carbons (Fsp3) is 0.333. The Kier molecular flexibility index (Phi) is 4.08. The zero-order valence-electron chi connectivity index (χ0n) is 9.55. The van der Waals surface area contributed by atoms with Crippen LogP contribution in [-0.4, -0.2) is 12.5 Å². The molecule has 0 unspecified atom stereocenters. The van der Waals surface area contributed by atoms with E-state index in [1.54, 1.807) is 13.8 Å². The zero-order chi connectivity index (χ0) is 13.1. The lowest BCUT2D eigenvalue weighted by atomic mass is 9.96. The predicted octanol–water partition coefficient (Wildman–Crippen LogP) is 2.76. The quantitative estimate of drug-likeness (QED) is 0.902. The molecule has 0 radical (unpaired) electrons. The highest BCUT2D eigenvalue weighted by Crippen LogP contribution is 2.18. The molecule has 0 aliphatic carbocycles. The second kappa shape index (κ2) is 5.15. The van der Waals surface area contributed by atoms with Gasteiger partial charge in [-0.15, -0.1) is 0 Å². The Hall–Kier alpha value is -1.60. The number of rotatable bonds is 3. The van der Waals surface area contributed by atoms with E-state index in [0.717, 1.165) is 12.1 Å². The van der Waals surface area contributed by atoms with E-state index in [9.17, 15) is 9.18 Å². The molecule has 1 aromatic carbocycles. The first-order valence-corrected chi connectivity index (χ1v) is 5.38. The molecular formula is C12H12ClFN2O. The monoisotopic (exact) mass is 254 g/mol. The van der Waals surface area contributed by atoms with Gasteiger partial charge in [0.15, 0.2) is 0 Å². The van der Waals surface area contributed by atoms with Gasteiger partial charge in [-0.1, -0.05) is 11.6 Å². The summed E-state index contributed by atoms with van der Waals surface area (Å²) in [6.45, 7) is 3.62. The van der Waals surface area contributed by atoms with Crippen LogP contribution in [0, 0.1) is 22.6 Å².